The van der Waals surface area contributed by atoms with Crippen LogP contribution in [0.4, 0.5) is 0 Å². The smallest absolute Gasteiger partial charge is 0.0697 e. The number of nitrogens with two attached hydrogens (primary N) is 1. The molecule has 2 fully saturated rings. The highest BCUT2D eigenvalue weighted by molar-refractivity contribution is 4.96. The summed E-state index contributed by atoms with van der Waals surface area (Å²) in [5, 5.41) is 0. The van der Waals surface area contributed by atoms with E-state index >= 15 is 0 Å². The van der Waals surface area contributed by atoms with E-state index in [1.54, 1.807) is 0 Å². The monoisotopic (exact) mass is 198 g/mol. The highest BCUT2D eigenvalue weighted by Crippen LogP contribution is 2.43. The van der Waals surface area contributed by atoms with Gasteiger partial charge in [0, 0.05) is 25.7 Å². The topological polar surface area (TPSA) is 38.5 Å². The molecule has 0 aromatic carbocycles. The number of ether oxygens (including phenoxy) is 1. The quantitative estimate of drug-likeness (QED) is 0.734. The van der Waals surface area contributed by atoms with Crippen molar-refractivity contribution >= 4 is 0 Å². The molecule has 0 bridgehead atoms. The molecule has 1 unspecified atom stereocenters. The first-order valence-corrected chi connectivity index (χ1v) is 5.80. The second kappa shape index (κ2) is 4.17. The van der Waals surface area contributed by atoms with Gasteiger partial charge in [0.05, 0.1) is 5.60 Å². The number of rotatable bonds is 3. The summed E-state index contributed by atoms with van der Waals surface area (Å²) in [4.78, 5) is 2.41. The molecule has 1 spiro atoms. The van der Waals surface area contributed by atoms with Gasteiger partial charge < -0.3 is 15.4 Å². The van der Waals surface area contributed by atoms with Crippen molar-refractivity contribution in [3.63, 3.8) is 0 Å². The summed E-state index contributed by atoms with van der Waals surface area (Å²) < 4.78 is 5.90. The van der Waals surface area contributed by atoms with E-state index in [-0.39, 0.29) is 5.60 Å². The van der Waals surface area contributed by atoms with E-state index < -0.39 is 0 Å². The minimum Gasteiger partial charge on any atom is -0.375 e. The van der Waals surface area contributed by atoms with Gasteiger partial charge in [-0.1, -0.05) is 0 Å². The van der Waals surface area contributed by atoms with Crippen LogP contribution < -0.4 is 5.73 Å². The summed E-state index contributed by atoms with van der Waals surface area (Å²) in [7, 11) is 2.19. The summed E-state index contributed by atoms with van der Waals surface area (Å²) in [5.74, 6) is 0. The molecule has 2 aliphatic rings. The average molecular weight is 198 g/mol. The van der Waals surface area contributed by atoms with Crippen molar-refractivity contribution in [3.8, 4) is 0 Å². The Kier molecular flexibility index (Phi) is 3.10. The lowest BCUT2D eigenvalue weighted by molar-refractivity contribution is -0.146. The Morgan fingerprint density at radius 1 is 1.50 bits per heavy atom. The van der Waals surface area contributed by atoms with Gasteiger partial charge >= 0.3 is 0 Å². The molecule has 0 aromatic heterocycles. The van der Waals surface area contributed by atoms with E-state index in [2.05, 4.69) is 11.9 Å². The molecule has 0 amide bonds. The molecule has 1 saturated carbocycles. The van der Waals surface area contributed by atoms with Crippen LogP contribution >= 0.6 is 0 Å². The highest BCUT2D eigenvalue weighted by Gasteiger charge is 2.43. The molecule has 0 aromatic rings. The van der Waals surface area contributed by atoms with Crippen molar-refractivity contribution in [1.82, 2.24) is 4.90 Å². The number of likely N-dealkylation sites (N-methyl/N-ethyl adjacent to an activating group) is 1. The van der Waals surface area contributed by atoms with Crippen LogP contribution in [0.1, 0.15) is 32.1 Å². The van der Waals surface area contributed by atoms with Gasteiger partial charge in [0.15, 0.2) is 0 Å². The molecule has 82 valence electrons. The van der Waals surface area contributed by atoms with Crippen LogP contribution in [0, 0.1) is 0 Å². The molecule has 0 radical (unpaired) electrons. The Balaban J connectivity index is 1.87. The molecule has 1 aliphatic heterocycles. The Morgan fingerprint density at radius 3 is 2.86 bits per heavy atom. The lowest BCUT2D eigenvalue weighted by Gasteiger charge is -2.49. The number of hydrogen-bond acceptors (Lipinski definition) is 3. The van der Waals surface area contributed by atoms with Crippen molar-refractivity contribution < 1.29 is 4.74 Å². The second-order valence-corrected chi connectivity index (χ2v) is 4.80. The zero-order chi connectivity index (χ0) is 10.0. The van der Waals surface area contributed by atoms with Gasteiger partial charge in [-0.2, -0.15) is 0 Å². The maximum Gasteiger partial charge on any atom is 0.0697 e. The number of hydrogen-bond donors (Lipinski definition) is 1. The van der Waals surface area contributed by atoms with Gasteiger partial charge in [0.1, 0.15) is 0 Å². The second-order valence-electron chi connectivity index (χ2n) is 4.80. The molecule has 14 heavy (non-hydrogen) atoms. The SMILES string of the molecule is CN(CCN)C1CCOC2(CCC2)C1. The first kappa shape index (κ1) is 10.4. The van der Waals surface area contributed by atoms with E-state index in [0.29, 0.717) is 6.04 Å². The zero-order valence-electron chi connectivity index (χ0n) is 9.17. The maximum atomic E-state index is 5.90. The molecule has 1 saturated heterocycles. The first-order valence-electron chi connectivity index (χ1n) is 5.80. The van der Waals surface area contributed by atoms with E-state index in [1.807, 2.05) is 0 Å². The van der Waals surface area contributed by atoms with Gasteiger partial charge in [-0.15, -0.1) is 0 Å². The summed E-state index contributed by atoms with van der Waals surface area (Å²) >= 11 is 0. The zero-order valence-corrected chi connectivity index (χ0v) is 9.17. The van der Waals surface area contributed by atoms with Gasteiger partial charge in [-0.25, -0.2) is 0 Å². The maximum absolute atomic E-state index is 5.90. The van der Waals surface area contributed by atoms with Gasteiger partial charge in [-0.05, 0) is 39.2 Å². The van der Waals surface area contributed by atoms with Crippen molar-refractivity contribution in [2.45, 2.75) is 43.7 Å². The normalized spacial score (nSPS) is 30.6. The van der Waals surface area contributed by atoms with Crippen LogP contribution in [-0.4, -0.2) is 43.3 Å². The molecule has 1 heterocycles. The van der Waals surface area contributed by atoms with Crippen LogP contribution in [0.25, 0.3) is 0 Å². The van der Waals surface area contributed by atoms with Crippen molar-refractivity contribution in [2.24, 2.45) is 5.73 Å². The minimum absolute atomic E-state index is 0.270. The van der Waals surface area contributed by atoms with Crippen LogP contribution in [0.2, 0.25) is 0 Å². The molecule has 2 N–H and O–H groups in total. The Bertz CT molecular complexity index is 192. The van der Waals surface area contributed by atoms with E-state index in [9.17, 15) is 0 Å². The van der Waals surface area contributed by atoms with E-state index in [0.717, 1.165) is 19.7 Å². The Hall–Kier alpha value is -0.120. The standard InChI is InChI=1S/C11H22N2O/c1-13(7-6-12)10-3-8-14-11(9-10)4-2-5-11/h10H,2-9,12H2,1H3. The van der Waals surface area contributed by atoms with Crippen LogP contribution in [0.5, 0.6) is 0 Å². The molecule has 2 rings (SSSR count). The lowest BCUT2D eigenvalue weighted by atomic mass is 9.73. The minimum atomic E-state index is 0.270. The third kappa shape index (κ3) is 1.95. The molecule has 1 atom stereocenters. The first-order chi connectivity index (χ1) is 6.76. The predicted octanol–water partition coefficient (Wildman–Crippen LogP) is 0.979. The van der Waals surface area contributed by atoms with Gasteiger partial charge in [0.25, 0.3) is 0 Å². The summed E-state index contributed by atoms with van der Waals surface area (Å²) in [6, 6.07) is 0.701. The fourth-order valence-corrected chi connectivity index (χ4v) is 2.68. The summed E-state index contributed by atoms with van der Waals surface area (Å²) in [6.45, 7) is 2.72. The molecular formula is C11H22N2O. The molecule has 1 aliphatic carbocycles. The van der Waals surface area contributed by atoms with Crippen LogP contribution in [-0.2, 0) is 4.74 Å². The highest BCUT2D eigenvalue weighted by atomic mass is 16.5. The average Bonchev–Trinajstić information content (AvgIpc) is 2.16. The largest absolute Gasteiger partial charge is 0.375 e. The van der Waals surface area contributed by atoms with E-state index in [4.69, 9.17) is 10.5 Å². The molecule has 3 heteroatoms. The lowest BCUT2D eigenvalue weighted by Crippen LogP contribution is -2.51. The Morgan fingerprint density at radius 2 is 2.29 bits per heavy atom. The fraction of sp³-hybridized carbons (Fsp3) is 1.00. The predicted molar refractivity (Wildman–Crippen MR) is 57.2 cm³/mol. The van der Waals surface area contributed by atoms with Crippen molar-refractivity contribution in [3.05, 3.63) is 0 Å². The van der Waals surface area contributed by atoms with E-state index in [1.165, 1.54) is 32.1 Å². The summed E-state index contributed by atoms with van der Waals surface area (Å²) in [6.07, 6.45) is 6.31. The third-order valence-electron chi connectivity index (χ3n) is 3.84. The summed E-state index contributed by atoms with van der Waals surface area (Å²) in [5.41, 5.74) is 5.85. The van der Waals surface area contributed by atoms with Crippen LogP contribution in [0.3, 0.4) is 0 Å². The molecule has 3 nitrogen and oxygen atoms in total. The van der Waals surface area contributed by atoms with Gasteiger partial charge in [0.2, 0.25) is 0 Å². The van der Waals surface area contributed by atoms with Crippen LogP contribution in [0.15, 0.2) is 0 Å². The fourth-order valence-electron chi connectivity index (χ4n) is 2.68. The Labute approximate surface area is 86.6 Å². The van der Waals surface area contributed by atoms with Crippen molar-refractivity contribution in [2.75, 3.05) is 26.7 Å². The van der Waals surface area contributed by atoms with Gasteiger partial charge in [-0.3, -0.25) is 0 Å². The number of nitrogens with zero attached hydrogens (tertiary/aromatic N) is 1. The van der Waals surface area contributed by atoms with Crippen molar-refractivity contribution in [1.29, 1.82) is 0 Å². The third-order valence-corrected chi connectivity index (χ3v) is 3.84. The molecular weight excluding hydrogens is 176 g/mol.